The van der Waals surface area contributed by atoms with Gasteiger partial charge in [-0.3, -0.25) is 14.4 Å². The van der Waals surface area contributed by atoms with Gasteiger partial charge in [-0.15, -0.1) is 0 Å². The summed E-state index contributed by atoms with van der Waals surface area (Å²) in [6, 6.07) is 8.84. The molecule has 1 saturated heterocycles. The molecule has 2 heterocycles. The van der Waals surface area contributed by atoms with E-state index >= 15 is 0 Å². The molecule has 1 aliphatic carbocycles. The standard InChI is InChI=1S/C24H23F2N3O3/c25-18-4-3-16(20(26)11-18)12-27-23(31)17-10-22(30)29(13-17)19-5-6-21-15(9-19)7-8-28(21)24(32)14-1-2-14/h3-6,9,11,14,17H,1-2,7-8,10,12-13H2,(H,27,31)/t17-/m0/s1. The van der Waals surface area contributed by atoms with Crippen LogP contribution in [0, 0.1) is 23.5 Å². The fraction of sp³-hybridized carbons (Fsp3) is 0.375. The van der Waals surface area contributed by atoms with Crippen molar-refractivity contribution in [1.82, 2.24) is 5.32 Å². The van der Waals surface area contributed by atoms with Gasteiger partial charge in [-0.05, 0) is 49.1 Å². The van der Waals surface area contributed by atoms with Crippen LogP contribution in [0.4, 0.5) is 20.2 Å². The molecule has 3 amide bonds. The molecule has 6 nitrogen and oxygen atoms in total. The smallest absolute Gasteiger partial charge is 0.230 e. The first-order valence-corrected chi connectivity index (χ1v) is 10.9. The molecule has 8 heteroatoms. The number of nitrogens with zero attached hydrogens (tertiary/aromatic N) is 2. The van der Waals surface area contributed by atoms with Gasteiger partial charge >= 0.3 is 0 Å². The fourth-order valence-corrected chi connectivity index (χ4v) is 4.46. The zero-order valence-electron chi connectivity index (χ0n) is 17.4. The van der Waals surface area contributed by atoms with Crippen LogP contribution in [0.5, 0.6) is 0 Å². The predicted molar refractivity (Wildman–Crippen MR) is 114 cm³/mol. The number of nitrogens with one attached hydrogen (secondary N) is 1. The van der Waals surface area contributed by atoms with Gasteiger partial charge in [-0.1, -0.05) is 6.07 Å². The van der Waals surface area contributed by atoms with Crippen LogP contribution in [0.15, 0.2) is 36.4 Å². The van der Waals surface area contributed by atoms with E-state index in [9.17, 15) is 23.2 Å². The Bertz CT molecular complexity index is 1120. The number of hydrogen-bond donors (Lipinski definition) is 1. The Morgan fingerprint density at radius 2 is 1.88 bits per heavy atom. The number of benzene rings is 2. The zero-order valence-corrected chi connectivity index (χ0v) is 17.4. The van der Waals surface area contributed by atoms with Crippen molar-refractivity contribution in [3.05, 3.63) is 59.2 Å². The highest BCUT2D eigenvalue weighted by atomic mass is 19.1. The highest BCUT2D eigenvalue weighted by molar-refractivity contribution is 6.02. The molecule has 0 bridgehead atoms. The first-order valence-electron chi connectivity index (χ1n) is 10.9. The summed E-state index contributed by atoms with van der Waals surface area (Å²) in [5.74, 6) is -2.10. The van der Waals surface area contributed by atoms with E-state index in [1.54, 1.807) is 4.90 Å². The van der Waals surface area contributed by atoms with Gasteiger partial charge < -0.3 is 15.1 Å². The van der Waals surface area contributed by atoms with Crippen molar-refractivity contribution in [2.24, 2.45) is 11.8 Å². The van der Waals surface area contributed by atoms with Crippen molar-refractivity contribution in [3.8, 4) is 0 Å². The molecule has 5 rings (SSSR count). The first-order chi connectivity index (χ1) is 15.4. The lowest BCUT2D eigenvalue weighted by Crippen LogP contribution is -2.33. The van der Waals surface area contributed by atoms with Crippen molar-refractivity contribution >= 4 is 29.1 Å². The second kappa shape index (κ2) is 8.00. The summed E-state index contributed by atoms with van der Waals surface area (Å²) in [6.07, 6.45) is 2.74. The zero-order chi connectivity index (χ0) is 22.4. The normalized spacial score (nSPS) is 19.9. The number of carbonyl (C=O) groups is 3. The van der Waals surface area contributed by atoms with Crippen molar-refractivity contribution < 1.29 is 23.2 Å². The highest BCUT2D eigenvalue weighted by Gasteiger charge is 2.38. The number of fused-ring (bicyclic) bond motifs is 1. The Morgan fingerprint density at radius 3 is 2.62 bits per heavy atom. The maximum absolute atomic E-state index is 13.8. The van der Waals surface area contributed by atoms with Gasteiger partial charge in [-0.25, -0.2) is 8.78 Å². The number of carbonyl (C=O) groups excluding carboxylic acids is 3. The fourth-order valence-electron chi connectivity index (χ4n) is 4.46. The second-order valence-electron chi connectivity index (χ2n) is 8.69. The summed E-state index contributed by atoms with van der Waals surface area (Å²) in [6.45, 7) is 0.826. The minimum Gasteiger partial charge on any atom is -0.352 e. The third-order valence-corrected chi connectivity index (χ3v) is 6.43. The van der Waals surface area contributed by atoms with Crippen molar-refractivity contribution in [2.75, 3.05) is 22.9 Å². The lowest BCUT2D eigenvalue weighted by molar-refractivity contribution is -0.126. The summed E-state index contributed by atoms with van der Waals surface area (Å²) in [4.78, 5) is 41.1. The van der Waals surface area contributed by atoms with E-state index in [1.165, 1.54) is 6.07 Å². The average molecular weight is 439 g/mol. The average Bonchev–Trinajstić information content (AvgIpc) is 3.42. The molecule has 1 atom stereocenters. The van der Waals surface area contributed by atoms with Crippen LogP contribution in [0.25, 0.3) is 0 Å². The van der Waals surface area contributed by atoms with Crippen LogP contribution in [-0.4, -0.2) is 30.8 Å². The SMILES string of the molecule is O=C(NCc1ccc(F)cc1F)[C@H]1CC(=O)N(c2ccc3c(c2)CCN3C(=O)C2CC2)C1. The Labute approximate surface area is 184 Å². The van der Waals surface area contributed by atoms with Crippen LogP contribution in [0.1, 0.15) is 30.4 Å². The van der Waals surface area contributed by atoms with Gasteiger partial charge in [0, 0.05) is 55.0 Å². The molecule has 0 unspecified atom stereocenters. The van der Waals surface area contributed by atoms with Crippen LogP contribution in [-0.2, 0) is 27.3 Å². The summed E-state index contributed by atoms with van der Waals surface area (Å²) < 4.78 is 26.8. The Hall–Kier alpha value is -3.29. The van der Waals surface area contributed by atoms with Gasteiger partial charge in [0.2, 0.25) is 17.7 Å². The first kappa shape index (κ1) is 20.6. The lowest BCUT2D eigenvalue weighted by atomic mass is 10.1. The van der Waals surface area contributed by atoms with Crippen LogP contribution in [0.2, 0.25) is 0 Å². The maximum Gasteiger partial charge on any atom is 0.230 e. The monoisotopic (exact) mass is 439 g/mol. The van der Waals surface area contributed by atoms with Crippen LogP contribution >= 0.6 is 0 Å². The van der Waals surface area contributed by atoms with Gasteiger partial charge in [0.1, 0.15) is 11.6 Å². The highest BCUT2D eigenvalue weighted by Crippen LogP contribution is 2.38. The van der Waals surface area contributed by atoms with Gasteiger partial charge in [0.05, 0.1) is 5.92 Å². The summed E-state index contributed by atoms with van der Waals surface area (Å²) in [5, 5.41) is 2.65. The van der Waals surface area contributed by atoms with Crippen molar-refractivity contribution in [3.63, 3.8) is 0 Å². The number of anilines is 2. The molecule has 2 aromatic carbocycles. The van der Waals surface area contributed by atoms with Gasteiger partial charge in [0.25, 0.3) is 0 Å². The Morgan fingerprint density at radius 1 is 1.06 bits per heavy atom. The van der Waals surface area contributed by atoms with Gasteiger partial charge in [0.15, 0.2) is 0 Å². The Balaban J connectivity index is 1.24. The van der Waals surface area contributed by atoms with E-state index in [1.807, 2.05) is 23.1 Å². The number of halogens is 2. The van der Waals surface area contributed by atoms with Crippen LogP contribution < -0.4 is 15.1 Å². The third kappa shape index (κ3) is 3.85. The molecule has 32 heavy (non-hydrogen) atoms. The van der Waals surface area contributed by atoms with E-state index in [-0.39, 0.29) is 48.7 Å². The second-order valence-corrected chi connectivity index (χ2v) is 8.69. The molecule has 166 valence electrons. The Kier molecular flexibility index (Phi) is 5.15. The van der Waals surface area contributed by atoms with Crippen LogP contribution in [0.3, 0.4) is 0 Å². The molecule has 2 aromatic rings. The minimum atomic E-state index is -0.721. The quantitative estimate of drug-likeness (QED) is 0.779. The number of rotatable bonds is 5. The molecule has 3 aliphatic rings. The maximum atomic E-state index is 13.8. The van der Waals surface area contributed by atoms with E-state index in [4.69, 9.17) is 0 Å². The van der Waals surface area contributed by atoms with E-state index in [0.29, 0.717) is 12.2 Å². The summed E-state index contributed by atoms with van der Waals surface area (Å²) in [5.41, 5.74) is 2.84. The molecule has 0 spiro atoms. The molecule has 1 N–H and O–H groups in total. The molecule has 2 aliphatic heterocycles. The van der Waals surface area contributed by atoms with E-state index in [2.05, 4.69) is 5.32 Å². The molecule has 2 fully saturated rings. The minimum absolute atomic E-state index is 0.0701. The number of hydrogen-bond acceptors (Lipinski definition) is 3. The largest absolute Gasteiger partial charge is 0.352 e. The lowest BCUT2D eigenvalue weighted by Gasteiger charge is -2.20. The molecule has 0 radical (unpaired) electrons. The van der Waals surface area contributed by atoms with Crippen molar-refractivity contribution in [1.29, 1.82) is 0 Å². The summed E-state index contributed by atoms with van der Waals surface area (Å²) in [7, 11) is 0. The van der Waals surface area contributed by atoms with Crippen molar-refractivity contribution in [2.45, 2.75) is 32.2 Å². The van der Waals surface area contributed by atoms with Gasteiger partial charge in [-0.2, -0.15) is 0 Å². The molecule has 0 aromatic heterocycles. The predicted octanol–water partition coefficient (Wildman–Crippen LogP) is 2.93. The van der Waals surface area contributed by atoms with E-state index < -0.39 is 17.6 Å². The van der Waals surface area contributed by atoms with E-state index in [0.717, 1.165) is 42.6 Å². The molecular formula is C24H23F2N3O3. The topological polar surface area (TPSA) is 69.7 Å². The third-order valence-electron chi connectivity index (χ3n) is 6.43. The molecular weight excluding hydrogens is 416 g/mol. The molecule has 1 saturated carbocycles. The summed E-state index contributed by atoms with van der Waals surface area (Å²) >= 11 is 0. The number of amides is 3.